The van der Waals surface area contributed by atoms with E-state index in [0.717, 1.165) is 0 Å². The van der Waals surface area contributed by atoms with E-state index in [9.17, 15) is 23.8 Å². The summed E-state index contributed by atoms with van der Waals surface area (Å²) in [6.07, 6.45) is 2.02. The number of hydrogen-bond acceptors (Lipinski definition) is 8. The summed E-state index contributed by atoms with van der Waals surface area (Å²) >= 11 is 0. The monoisotopic (exact) mass is 422 g/mol. The van der Waals surface area contributed by atoms with E-state index >= 15 is 0 Å². The highest BCUT2D eigenvalue weighted by Gasteiger charge is 2.44. The van der Waals surface area contributed by atoms with E-state index < -0.39 is 41.9 Å². The van der Waals surface area contributed by atoms with Crippen molar-refractivity contribution in [3.8, 4) is 0 Å². The molecule has 2 aliphatic carbocycles. The number of hydrogen-bond donors (Lipinski definition) is 4. The molecule has 0 aromatic heterocycles. The maximum Gasteiger partial charge on any atom is 0.271 e. The Hall–Kier alpha value is -2.50. The highest BCUT2D eigenvalue weighted by Crippen LogP contribution is 2.28. The summed E-state index contributed by atoms with van der Waals surface area (Å²) in [5.41, 5.74) is 3.00. The van der Waals surface area contributed by atoms with E-state index in [4.69, 9.17) is 0 Å². The van der Waals surface area contributed by atoms with Crippen LogP contribution in [-0.2, 0) is 4.79 Å². The zero-order valence-corrected chi connectivity index (χ0v) is 16.4. The molecular weight excluding hydrogens is 398 g/mol. The molecule has 1 fully saturated rings. The van der Waals surface area contributed by atoms with Gasteiger partial charge >= 0.3 is 0 Å². The van der Waals surface area contributed by atoms with Crippen molar-refractivity contribution in [2.45, 2.75) is 50.1 Å². The lowest BCUT2D eigenvalue weighted by Crippen LogP contribution is -2.53. The highest BCUT2D eigenvalue weighted by molar-refractivity contribution is 6.45. The van der Waals surface area contributed by atoms with Gasteiger partial charge in [0.15, 0.2) is 5.83 Å². The van der Waals surface area contributed by atoms with Crippen LogP contribution in [0.2, 0.25) is 0 Å². The molecule has 11 heteroatoms. The van der Waals surface area contributed by atoms with Gasteiger partial charge in [-0.1, -0.05) is 6.08 Å². The van der Waals surface area contributed by atoms with Crippen LogP contribution in [0, 0.1) is 5.92 Å². The zero-order valence-electron chi connectivity index (χ0n) is 16.4. The standard InChI is InChI=1S/C19H24F2N6O3/c1-27(7-9-3-2-4-10(20)14(9)21)19(30)15-13-17(22-8-23-18(13)26-25-15)24-11-5-6-12(28)16(11)29/h3,8,11-13,16-17,24,28-29H,2,4-7H2,1H3,(H,22,23,26)/t11-,12-,13?,16+,17?/m1/s1. The average molecular weight is 422 g/mol. The lowest BCUT2D eigenvalue weighted by atomic mass is 9.96. The zero-order chi connectivity index (χ0) is 21.4. The topological polar surface area (TPSA) is 122 Å². The minimum absolute atomic E-state index is 0.0264. The summed E-state index contributed by atoms with van der Waals surface area (Å²) in [6.45, 7) is -0.0921. The number of aliphatic hydroxyl groups is 2. The first kappa shape index (κ1) is 20.8. The van der Waals surface area contributed by atoms with E-state index in [1.54, 1.807) is 6.08 Å². The third-order valence-electron chi connectivity index (χ3n) is 5.83. The number of hydrazone groups is 1. The number of likely N-dealkylation sites (N-methyl/N-ethyl adjacent to an activating group) is 1. The number of nitrogens with zero attached hydrogens (tertiary/aromatic N) is 4. The molecule has 4 N–H and O–H groups in total. The third kappa shape index (κ3) is 3.80. The Balaban J connectivity index is 1.47. The molecule has 0 radical (unpaired) electrons. The number of amides is 1. The molecule has 0 bridgehead atoms. The number of amidine groups is 1. The summed E-state index contributed by atoms with van der Waals surface area (Å²) < 4.78 is 27.6. The number of carbonyl (C=O) groups is 1. The number of halogens is 2. The molecule has 0 saturated heterocycles. The molecule has 0 aromatic carbocycles. The minimum atomic E-state index is -0.932. The second kappa shape index (κ2) is 8.32. The molecule has 2 heterocycles. The molecule has 2 aliphatic heterocycles. The quantitative estimate of drug-likeness (QED) is 0.502. The van der Waals surface area contributed by atoms with Crippen LogP contribution in [0.1, 0.15) is 25.7 Å². The van der Waals surface area contributed by atoms with Crippen molar-refractivity contribution in [1.29, 1.82) is 0 Å². The third-order valence-corrected chi connectivity index (χ3v) is 5.83. The summed E-state index contributed by atoms with van der Waals surface area (Å²) in [5.74, 6) is -2.36. The molecule has 1 saturated carbocycles. The van der Waals surface area contributed by atoms with Gasteiger partial charge in [0.2, 0.25) is 0 Å². The first-order valence-corrected chi connectivity index (χ1v) is 9.91. The Kier molecular flexibility index (Phi) is 5.76. The molecule has 0 spiro atoms. The Morgan fingerprint density at radius 1 is 1.37 bits per heavy atom. The Labute approximate surface area is 172 Å². The van der Waals surface area contributed by atoms with Gasteiger partial charge in [0.1, 0.15) is 35.8 Å². The summed E-state index contributed by atoms with van der Waals surface area (Å²) in [6, 6.07) is -0.384. The normalized spacial score (nSPS) is 33.0. The van der Waals surface area contributed by atoms with Gasteiger partial charge in [-0.2, -0.15) is 5.10 Å². The first-order valence-electron chi connectivity index (χ1n) is 9.91. The van der Waals surface area contributed by atoms with E-state index in [-0.39, 0.29) is 30.3 Å². The number of fused-ring (bicyclic) bond motifs is 1. The Morgan fingerprint density at radius 2 is 2.17 bits per heavy atom. The smallest absolute Gasteiger partial charge is 0.271 e. The van der Waals surface area contributed by atoms with Gasteiger partial charge < -0.3 is 15.1 Å². The van der Waals surface area contributed by atoms with Crippen molar-refractivity contribution in [1.82, 2.24) is 15.6 Å². The molecule has 162 valence electrons. The van der Waals surface area contributed by atoms with Crippen LogP contribution in [0.25, 0.3) is 0 Å². The fourth-order valence-electron chi connectivity index (χ4n) is 4.13. The van der Waals surface area contributed by atoms with Crippen LogP contribution in [0.5, 0.6) is 0 Å². The fraction of sp³-hybridized carbons (Fsp3) is 0.579. The Morgan fingerprint density at radius 3 is 2.90 bits per heavy atom. The first-order chi connectivity index (χ1) is 14.4. The van der Waals surface area contributed by atoms with Crippen molar-refractivity contribution in [3.05, 3.63) is 23.3 Å². The van der Waals surface area contributed by atoms with Crippen LogP contribution < -0.4 is 10.7 Å². The molecule has 0 aromatic rings. The molecule has 9 nitrogen and oxygen atoms in total. The second-order valence-corrected chi connectivity index (χ2v) is 7.87. The molecular formula is C19H24F2N6O3. The maximum atomic E-state index is 14.0. The summed E-state index contributed by atoms with van der Waals surface area (Å²) in [5, 5.41) is 27.2. The average Bonchev–Trinajstić information content (AvgIpc) is 3.30. The molecule has 2 unspecified atom stereocenters. The molecule has 1 amide bonds. The second-order valence-electron chi connectivity index (χ2n) is 7.87. The van der Waals surface area contributed by atoms with Crippen LogP contribution in [0.15, 0.2) is 38.4 Å². The van der Waals surface area contributed by atoms with Crippen LogP contribution >= 0.6 is 0 Å². The molecule has 4 aliphatic rings. The minimum Gasteiger partial charge on any atom is -0.390 e. The molecule has 4 rings (SSSR count). The number of nitrogens with one attached hydrogen (secondary N) is 2. The summed E-state index contributed by atoms with van der Waals surface area (Å²) in [4.78, 5) is 22.7. The lowest BCUT2D eigenvalue weighted by Gasteiger charge is -2.29. The highest BCUT2D eigenvalue weighted by atomic mass is 19.2. The fourth-order valence-corrected chi connectivity index (χ4v) is 4.13. The van der Waals surface area contributed by atoms with E-state index in [0.29, 0.717) is 25.1 Å². The molecule has 30 heavy (non-hydrogen) atoms. The van der Waals surface area contributed by atoms with Gasteiger partial charge in [0.25, 0.3) is 5.91 Å². The Bertz CT molecular complexity index is 883. The van der Waals surface area contributed by atoms with Crippen LogP contribution in [0.4, 0.5) is 8.78 Å². The number of rotatable bonds is 5. The lowest BCUT2D eigenvalue weighted by molar-refractivity contribution is -0.122. The number of carbonyl (C=O) groups excluding carboxylic acids is 1. The predicted octanol–water partition coefficient (Wildman–Crippen LogP) is 0.131. The van der Waals surface area contributed by atoms with Crippen molar-refractivity contribution in [2.24, 2.45) is 21.0 Å². The number of aliphatic imine (C=N–C) groups is 2. The van der Waals surface area contributed by atoms with E-state index in [2.05, 4.69) is 25.8 Å². The molecule has 5 atom stereocenters. The largest absolute Gasteiger partial charge is 0.390 e. The predicted molar refractivity (Wildman–Crippen MR) is 106 cm³/mol. The number of aliphatic hydroxyl groups excluding tert-OH is 2. The van der Waals surface area contributed by atoms with Crippen molar-refractivity contribution in [2.75, 3.05) is 13.6 Å². The van der Waals surface area contributed by atoms with Crippen LogP contribution in [0.3, 0.4) is 0 Å². The van der Waals surface area contributed by atoms with Crippen molar-refractivity contribution >= 4 is 23.8 Å². The van der Waals surface area contributed by atoms with E-state index in [1.807, 2.05) is 0 Å². The van der Waals surface area contributed by atoms with Gasteiger partial charge in [0.05, 0.1) is 12.2 Å². The van der Waals surface area contributed by atoms with Gasteiger partial charge in [-0.25, -0.2) is 13.8 Å². The van der Waals surface area contributed by atoms with Gasteiger partial charge in [0, 0.05) is 31.6 Å². The van der Waals surface area contributed by atoms with E-state index in [1.165, 1.54) is 18.3 Å². The van der Waals surface area contributed by atoms with Gasteiger partial charge in [-0.05, 0) is 19.3 Å². The van der Waals surface area contributed by atoms with Crippen LogP contribution in [-0.4, -0.2) is 76.9 Å². The maximum absolute atomic E-state index is 14.0. The van der Waals surface area contributed by atoms with Crippen molar-refractivity contribution < 1.29 is 23.8 Å². The SMILES string of the molecule is CN(CC1=CCCC(F)=C1F)C(=O)C1=NNC2=NC=NC(N[C@@H]3CC[C@@H](O)[C@H]3O)C21. The van der Waals surface area contributed by atoms with Gasteiger partial charge in [-0.15, -0.1) is 0 Å². The van der Waals surface area contributed by atoms with Crippen molar-refractivity contribution in [3.63, 3.8) is 0 Å². The number of allylic oxidation sites excluding steroid dienone is 2. The summed E-state index contributed by atoms with van der Waals surface area (Å²) in [7, 11) is 1.49. The van der Waals surface area contributed by atoms with Gasteiger partial charge in [-0.3, -0.25) is 20.5 Å².